The molecule has 2 heterocycles. The summed E-state index contributed by atoms with van der Waals surface area (Å²) in [6, 6.07) is 11.7. The molecule has 0 radical (unpaired) electrons. The zero-order chi connectivity index (χ0) is 25.8. The molecule has 0 bridgehead atoms. The molecule has 4 atom stereocenters. The first-order chi connectivity index (χ1) is 17.3. The van der Waals surface area contributed by atoms with Gasteiger partial charge in [0.2, 0.25) is 0 Å². The van der Waals surface area contributed by atoms with Gasteiger partial charge in [-0.15, -0.1) is 0 Å². The van der Waals surface area contributed by atoms with Crippen LogP contribution < -0.4 is 14.2 Å². The fourth-order valence-corrected chi connectivity index (χ4v) is 4.94. The van der Waals surface area contributed by atoms with Gasteiger partial charge in [0.15, 0.2) is 17.3 Å². The van der Waals surface area contributed by atoms with Crippen LogP contribution in [-0.2, 0) is 9.47 Å². The van der Waals surface area contributed by atoms with E-state index in [1.54, 1.807) is 20.3 Å². The number of ketones is 1. The van der Waals surface area contributed by atoms with E-state index in [1.807, 2.05) is 70.2 Å². The second-order valence-electron chi connectivity index (χ2n) is 9.88. The van der Waals surface area contributed by atoms with Crippen LogP contribution in [0.1, 0.15) is 61.4 Å². The van der Waals surface area contributed by atoms with Crippen molar-refractivity contribution in [1.82, 2.24) is 0 Å². The van der Waals surface area contributed by atoms with Gasteiger partial charge in [-0.2, -0.15) is 0 Å². The number of hydrogen-bond acceptors (Lipinski definition) is 6. The van der Waals surface area contributed by atoms with Crippen LogP contribution in [0.15, 0.2) is 59.7 Å². The van der Waals surface area contributed by atoms with Crippen molar-refractivity contribution in [2.24, 2.45) is 11.8 Å². The average molecular weight is 493 g/mol. The van der Waals surface area contributed by atoms with Crippen LogP contribution in [0.4, 0.5) is 0 Å². The number of carbonyl (C=O) groups excluding carboxylic acids is 1. The van der Waals surface area contributed by atoms with Gasteiger partial charge in [-0.25, -0.2) is 0 Å². The van der Waals surface area contributed by atoms with Crippen LogP contribution in [-0.4, -0.2) is 39.8 Å². The van der Waals surface area contributed by atoms with Crippen LogP contribution in [0, 0.1) is 11.8 Å². The molecular formula is C30H36O6. The second-order valence-corrected chi connectivity index (χ2v) is 9.88. The highest BCUT2D eigenvalue weighted by atomic mass is 16.5. The summed E-state index contributed by atoms with van der Waals surface area (Å²) in [6.07, 6.45) is 3.46. The molecule has 2 saturated heterocycles. The standard InChI is InChI=1S/C30H36O6/c1-18(2)11-12-34-26-10-8-21(15-28(26)33-6)30-24-17-35-29(23(24)16-36-30)20-7-9-22(27(14-20)32-5)25(31)13-19(3)4/h7-11,13-15,23-24,29-30H,12,16-17H2,1-6H3/t23-,24-,29+,30+/m0/s1. The van der Waals surface area contributed by atoms with Gasteiger partial charge in [-0.3, -0.25) is 4.79 Å². The van der Waals surface area contributed by atoms with Crippen LogP contribution >= 0.6 is 0 Å². The number of rotatable bonds is 9. The fraction of sp³-hybridized carbons (Fsp3) is 0.433. The van der Waals surface area contributed by atoms with Crippen molar-refractivity contribution in [2.75, 3.05) is 34.0 Å². The van der Waals surface area contributed by atoms with Crippen molar-refractivity contribution in [2.45, 2.75) is 39.9 Å². The Labute approximate surface area is 213 Å². The Morgan fingerprint density at radius 3 is 1.97 bits per heavy atom. The predicted molar refractivity (Wildman–Crippen MR) is 139 cm³/mol. The Kier molecular flexibility index (Phi) is 8.17. The van der Waals surface area contributed by atoms with Gasteiger partial charge < -0.3 is 23.7 Å². The van der Waals surface area contributed by atoms with Gasteiger partial charge in [0.25, 0.3) is 0 Å². The van der Waals surface area contributed by atoms with Crippen molar-refractivity contribution in [3.63, 3.8) is 0 Å². The van der Waals surface area contributed by atoms with Crippen LogP contribution in [0.2, 0.25) is 0 Å². The quantitative estimate of drug-likeness (QED) is 0.233. The molecule has 0 amide bonds. The third-order valence-corrected chi connectivity index (χ3v) is 6.75. The molecule has 2 aromatic rings. The molecule has 192 valence electrons. The Balaban J connectivity index is 1.51. The maximum atomic E-state index is 12.6. The molecule has 0 spiro atoms. The molecular weight excluding hydrogens is 456 g/mol. The highest BCUT2D eigenvalue weighted by Crippen LogP contribution is 2.51. The summed E-state index contributed by atoms with van der Waals surface area (Å²) in [5.74, 6) is 2.33. The summed E-state index contributed by atoms with van der Waals surface area (Å²) in [7, 11) is 3.24. The van der Waals surface area contributed by atoms with E-state index in [0.29, 0.717) is 42.6 Å². The molecule has 36 heavy (non-hydrogen) atoms. The van der Waals surface area contributed by atoms with E-state index in [4.69, 9.17) is 23.7 Å². The minimum Gasteiger partial charge on any atom is -0.496 e. The maximum Gasteiger partial charge on any atom is 0.189 e. The van der Waals surface area contributed by atoms with Gasteiger partial charge in [0.05, 0.1) is 45.2 Å². The van der Waals surface area contributed by atoms with Crippen molar-refractivity contribution in [3.8, 4) is 17.2 Å². The number of hydrogen-bond donors (Lipinski definition) is 0. The minimum atomic E-state index is -0.116. The van der Waals surface area contributed by atoms with Gasteiger partial charge in [0, 0.05) is 11.8 Å². The topological polar surface area (TPSA) is 63.2 Å². The molecule has 2 aliphatic rings. The molecule has 0 aliphatic carbocycles. The van der Waals surface area contributed by atoms with E-state index in [2.05, 4.69) is 0 Å². The Hall–Kier alpha value is -3.09. The van der Waals surface area contributed by atoms with Crippen molar-refractivity contribution < 1.29 is 28.5 Å². The summed E-state index contributed by atoms with van der Waals surface area (Å²) in [5, 5.41) is 0. The molecule has 6 heteroatoms. The minimum absolute atomic E-state index is 0.0601. The first kappa shape index (κ1) is 26.0. The number of benzene rings is 2. The molecule has 0 N–H and O–H groups in total. The lowest BCUT2D eigenvalue weighted by atomic mass is 9.84. The summed E-state index contributed by atoms with van der Waals surface area (Å²) in [6.45, 7) is 9.60. The monoisotopic (exact) mass is 492 g/mol. The third kappa shape index (κ3) is 5.50. The predicted octanol–water partition coefficient (Wildman–Crippen LogP) is 6.27. The van der Waals surface area contributed by atoms with E-state index in [-0.39, 0.29) is 29.8 Å². The SMILES string of the molecule is COc1cc([C@H]2OC[C@H]3[C@@H]2CO[C@@H]3c2ccc(C(=O)C=C(C)C)c(OC)c2)ccc1OCC=C(C)C. The van der Waals surface area contributed by atoms with Gasteiger partial charge in [0.1, 0.15) is 12.4 Å². The number of allylic oxidation sites excluding steroid dienone is 3. The highest BCUT2D eigenvalue weighted by Gasteiger charge is 2.48. The van der Waals surface area contributed by atoms with E-state index >= 15 is 0 Å². The Bertz CT molecular complexity index is 1160. The number of methoxy groups -OCH3 is 2. The molecule has 6 nitrogen and oxygen atoms in total. The molecule has 0 saturated carbocycles. The summed E-state index contributed by atoms with van der Waals surface area (Å²) in [4.78, 5) is 12.6. The third-order valence-electron chi connectivity index (χ3n) is 6.75. The molecule has 2 aliphatic heterocycles. The molecule has 4 rings (SSSR count). The lowest BCUT2D eigenvalue weighted by Crippen LogP contribution is -2.15. The highest BCUT2D eigenvalue weighted by molar-refractivity contribution is 6.06. The zero-order valence-corrected chi connectivity index (χ0v) is 22.0. The van der Waals surface area contributed by atoms with Crippen LogP contribution in [0.25, 0.3) is 0 Å². The van der Waals surface area contributed by atoms with Crippen molar-refractivity contribution in [3.05, 3.63) is 76.4 Å². The first-order valence-electron chi connectivity index (χ1n) is 12.4. The molecule has 0 aromatic heterocycles. The lowest BCUT2D eigenvalue weighted by Gasteiger charge is -2.19. The smallest absolute Gasteiger partial charge is 0.189 e. The van der Waals surface area contributed by atoms with Crippen LogP contribution in [0.3, 0.4) is 0 Å². The maximum absolute atomic E-state index is 12.6. The van der Waals surface area contributed by atoms with E-state index in [9.17, 15) is 4.79 Å². The molecule has 2 aromatic carbocycles. The second kappa shape index (κ2) is 11.3. The zero-order valence-electron chi connectivity index (χ0n) is 22.0. The van der Waals surface area contributed by atoms with Gasteiger partial charge in [-0.05, 0) is 75.2 Å². The van der Waals surface area contributed by atoms with E-state index < -0.39 is 0 Å². The first-order valence-corrected chi connectivity index (χ1v) is 12.4. The van der Waals surface area contributed by atoms with E-state index in [0.717, 1.165) is 16.7 Å². The lowest BCUT2D eigenvalue weighted by molar-refractivity contribution is 0.0191. The molecule has 2 fully saturated rings. The Morgan fingerprint density at radius 2 is 1.42 bits per heavy atom. The number of carbonyl (C=O) groups is 1. The number of ether oxygens (including phenoxy) is 5. The van der Waals surface area contributed by atoms with Gasteiger partial charge in [-0.1, -0.05) is 23.3 Å². The van der Waals surface area contributed by atoms with Crippen molar-refractivity contribution >= 4 is 5.78 Å². The number of fused-ring (bicyclic) bond motifs is 1. The Morgan fingerprint density at radius 1 is 0.833 bits per heavy atom. The van der Waals surface area contributed by atoms with E-state index in [1.165, 1.54) is 5.57 Å². The average Bonchev–Trinajstić information content (AvgIpc) is 3.45. The molecule has 0 unspecified atom stereocenters. The fourth-order valence-electron chi connectivity index (χ4n) is 4.94. The summed E-state index contributed by atoms with van der Waals surface area (Å²) < 4.78 is 29.6. The summed E-state index contributed by atoms with van der Waals surface area (Å²) >= 11 is 0. The van der Waals surface area contributed by atoms with Crippen molar-refractivity contribution in [1.29, 1.82) is 0 Å². The normalized spacial score (nSPS) is 22.5. The largest absolute Gasteiger partial charge is 0.496 e. The van der Waals surface area contributed by atoms with Gasteiger partial charge >= 0.3 is 0 Å². The summed E-state index contributed by atoms with van der Waals surface area (Å²) in [5.41, 5.74) is 4.76. The van der Waals surface area contributed by atoms with Crippen LogP contribution in [0.5, 0.6) is 17.2 Å².